The van der Waals surface area contributed by atoms with Crippen LogP contribution in [0.1, 0.15) is 32.8 Å². The first kappa shape index (κ1) is 20.0. The number of carbonyl (C=O) groups excluding carboxylic acids is 1. The minimum Gasteiger partial charge on any atom is -0.389 e. The van der Waals surface area contributed by atoms with Crippen LogP contribution in [0.25, 0.3) is 11.4 Å². The summed E-state index contributed by atoms with van der Waals surface area (Å²) in [6, 6.07) is 4.66. The lowest BCUT2D eigenvalue weighted by Crippen LogP contribution is -2.33. The molecule has 0 aliphatic carbocycles. The Kier molecular flexibility index (Phi) is 5.77. The number of H-pyrrole nitrogens is 1. The number of aliphatic hydroxyl groups excluding tert-OH is 1. The molecule has 3 heterocycles. The average Bonchev–Trinajstić information content (AvgIpc) is 3.35. The molecular formula is C17H16F3N5O2S. The number of pyridine rings is 1. The van der Waals surface area contributed by atoms with Gasteiger partial charge in [-0.05, 0) is 24.3 Å². The minimum absolute atomic E-state index is 0.106. The molecule has 5 N–H and O–H groups in total. The Balaban J connectivity index is 1.72. The van der Waals surface area contributed by atoms with Crippen LogP contribution in [0.2, 0.25) is 0 Å². The van der Waals surface area contributed by atoms with Crippen LogP contribution in [-0.4, -0.2) is 32.5 Å². The van der Waals surface area contributed by atoms with Crippen molar-refractivity contribution in [3.8, 4) is 11.4 Å². The van der Waals surface area contributed by atoms with E-state index in [1.54, 1.807) is 11.4 Å². The Morgan fingerprint density at radius 3 is 2.68 bits per heavy atom. The maximum Gasteiger partial charge on any atom is 0.417 e. The van der Waals surface area contributed by atoms with Gasteiger partial charge in [-0.25, -0.2) is 4.98 Å². The van der Waals surface area contributed by atoms with Gasteiger partial charge < -0.3 is 21.1 Å². The van der Waals surface area contributed by atoms with E-state index in [-0.39, 0.29) is 24.5 Å². The molecule has 3 aromatic heterocycles. The molecule has 0 aliphatic rings. The fraction of sp³-hybridized carbons (Fsp3) is 0.235. The molecule has 3 aromatic rings. The standard InChI is InChI=1S/C17H16F3N5O2S/c18-17(19,20)9-1-2-10(22-6-9)11-3-4-12(23-11)16(27)25-13(5-21)14-8-28-15(7-26)24-14/h1-4,6,8,13,23,26H,5,7,21H2,(H,25,27). The number of hydrogen-bond acceptors (Lipinski definition) is 6. The Bertz CT molecular complexity index is 952. The van der Waals surface area contributed by atoms with E-state index in [4.69, 9.17) is 10.8 Å². The van der Waals surface area contributed by atoms with Gasteiger partial charge >= 0.3 is 6.18 Å². The number of thiazole rings is 1. The van der Waals surface area contributed by atoms with E-state index in [1.165, 1.54) is 23.5 Å². The lowest BCUT2D eigenvalue weighted by molar-refractivity contribution is -0.137. The van der Waals surface area contributed by atoms with E-state index >= 15 is 0 Å². The summed E-state index contributed by atoms with van der Waals surface area (Å²) >= 11 is 1.26. The number of carbonyl (C=O) groups is 1. The highest BCUT2D eigenvalue weighted by atomic mass is 32.1. The number of alkyl halides is 3. The summed E-state index contributed by atoms with van der Waals surface area (Å²) in [6.45, 7) is -0.0929. The summed E-state index contributed by atoms with van der Waals surface area (Å²) in [5.41, 5.74) is 6.27. The molecule has 0 saturated heterocycles. The molecule has 1 atom stereocenters. The van der Waals surface area contributed by atoms with Crippen molar-refractivity contribution in [3.05, 3.63) is 57.8 Å². The Morgan fingerprint density at radius 2 is 2.11 bits per heavy atom. The second-order valence-corrected chi connectivity index (χ2v) is 6.74. The number of aliphatic hydroxyl groups is 1. The zero-order valence-electron chi connectivity index (χ0n) is 14.3. The van der Waals surface area contributed by atoms with Crippen LogP contribution >= 0.6 is 11.3 Å². The van der Waals surface area contributed by atoms with Crippen molar-refractivity contribution in [2.24, 2.45) is 5.73 Å². The molecule has 0 bridgehead atoms. The van der Waals surface area contributed by atoms with E-state index in [1.807, 2.05) is 0 Å². The Hall–Kier alpha value is -2.76. The number of nitrogens with two attached hydrogens (primary N) is 1. The SMILES string of the molecule is NCC(NC(=O)c1ccc(-c2ccc(C(F)(F)F)cn2)[nH]1)c1csc(CO)n1. The fourth-order valence-corrected chi connectivity index (χ4v) is 3.15. The number of nitrogens with zero attached hydrogens (tertiary/aromatic N) is 2. The monoisotopic (exact) mass is 411 g/mol. The van der Waals surface area contributed by atoms with E-state index in [2.05, 4.69) is 20.3 Å². The summed E-state index contributed by atoms with van der Waals surface area (Å²) in [7, 11) is 0. The quantitative estimate of drug-likeness (QED) is 0.497. The van der Waals surface area contributed by atoms with Crippen LogP contribution in [0.3, 0.4) is 0 Å². The molecule has 0 aromatic carbocycles. The average molecular weight is 411 g/mol. The van der Waals surface area contributed by atoms with Crippen LogP contribution in [0, 0.1) is 0 Å². The third kappa shape index (κ3) is 4.38. The number of hydrogen-bond donors (Lipinski definition) is 4. The van der Waals surface area contributed by atoms with Gasteiger partial charge in [0, 0.05) is 18.1 Å². The maximum absolute atomic E-state index is 12.6. The van der Waals surface area contributed by atoms with Crippen molar-refractivity contribution in [3.63, 3.8) is 0 Å². The van der Waals surface area contributed by atoms with E-state index in [0.29, 0.717) is 16.4 Å². The highest BCUT2D eigenvalue weighted by Crippen LogP contribution is 2.29. The second kappa shape index (κ2) is 8.09. The number of halogens is 3. The number of rotatable bonds is 6. The molecule has 0 radical (unpaired) electrons. The van der Waals surface area contributed by atoms with Crippen molar-refractivity contribution in [2.75, 3.05) is 6.54 Å². The molecule has 28 heavy (non-hydrogen) atoms. The summed E-state index contributed by atoms with van der Waals surface area (Å²) in [5, 5.41) is 14.0. The van der Waals surface area contributed by atoms with Crippen LogP contribution in [0.15, 0.2) is 35.8 Å². The van der Waals surface area contributed by atoms with Crippen molar-refractivity contribution >= 4 is 17.2 Å². The summed E-state index contributed by atoms with van der Waals surface area (Å²) < 4.78 is 37.9. The second-order valence-electron chi connectivity index (χ2n) is 5.80. The highest BCUT2D eigenvalue weighted by molar-refractivity contribution is 7.09. The smallest absolute Gasteiger partial charge is 0.389 e. The van der Waals surface area contributed by atoms with Gasteiger partial charge in [0.2, 0.25) is 0 Å². The summed E-state index contributed by atoms with van der Waals surface area (Å²) in [6.07, 6.45) is -3.73. The normalized spacial score (nSPS) is 12.8. The molecule has 1 amide bonds. The predicted octanol–water partition coefficient (Wildman–Crippen LogP) is 2.47. The van der Waals surface area contributed by atoms with Crippen molar-refractivity contribution in [1.82, 2.24) is 20.3 Å². The molecule has 1 unspecified atom stereocenters. The van der Waals surface area contributed by atoms with Gasteiger partial charge in [-0.1, -0.05) is 0 Å². The molecular weight excluding hydrogens is 395 g/mol. The molecule has 11 heteroatoms. The zero-order valence-corrected chi connectivity index (χ0v) is 15.1. The fourth-order valence-electron chi connectivity index (χ4n) is 2.45. The van der Waals surface area contributed by atoms with Crippen LogP contribution in [0.5, 0.6) is 0 Å². The van der Waals surface area contributed by atoms with Crippen LogP contribution in [0.4, 0.5) is 13.2 Å². The summed E-state index contributed by atoms with van der Waals surface area (Å²) in [4.78, 5) is 23.3. The first-order chi connectivity index (χ1) is 13.3. The number of aromatic nitrogens is 3. The number of amides is 1. The van der Waals surface area contributed by atoms with E-state index in [9.17, 15) is 18.0 Å². The van der Waals surface area contributed by atoms with Gasteiger partial charge in [0.1, 0.15) is 10.7 Å². The molecule has 0 saturated carbocycles. The Labute approximate surface area is 161 Å². The Morgan fingerprint density at radius 1 is 1.32 bits per heavy atom. The van der Waals surface area contributed by atoms with Gasteiger partial charge in [-0.15, -0.1) is 11.3 Å². The molecule has 0 fully saturated rings. The van der Waals surface area contributed by atoms with Crippen molar-refractivity contribution in [1.29, 1.82) is 0 Å². The first-order valence-electron chi connectivity index (χ1n) is 8.10. The molecule has 3 rings (SSSR count). The predicted molar refractivity (Wildman–Crippen MR) is 96.3 cm³/mol. The van der Waals surface area contributed by atoms with E-state index < -0.39 is 23.7 Å². The zero-order chi connectivity index (χ0) is 20.3. The van der Waals surface area contributed by atoms with Crippen molar-refractivity contribution < 1.29 is 23.1 Å². The summed E-state index contributed by atoms with van der Waals surface area (Å²) in [5.74, 6) is -0.452. The largest absolute Gasteiger partial charge is 0.417 e. The molecule has 0 aliphatic heterocycles. The van der Waals surface area contributed by atoms with Gasteiger partial charge in [-0.3, -0.25) is 9.78 Å². The third-order valence-electron chi connectivity index (χ3n) is 3.90. The van der Waals surface area contributed by atoms with Crippen LogP contribution < -0.4 is 11.1 Å². The maximum atomic E-state index is 12.6. The third-order valence-corrected chi connectivity index (χ3v) is 4.75. The van der Waals surface area contributed by atoms with Gasteiger partial charge in [0.15, 0.2) is 0 Å². The lowest BCUT2D eigenvalue weighted by atomic mass is 10.2. The van der Waals surface area contributed by atoms with E-state index in [0.717, 1.165) is 12.3 Å². The molecule has 0 spiro atoms. The van der Waals surface area contributed by atoms with Gasteiger partial charge in [-0.2, -0.15) is 13.2 Å². The lowest BCUT2D eigenvalue weighted by Gasteiger charge is -2.14. The topological polar surface area (TPSA) is 117 Å². The minimum atomic E-state index is -4.46. The van der Waals surface area contributed by atoms with Crippen LogP contribution in [-0.2, 0) is 12.8 Å². The van der Waals surface area contributed by atoms with Gasteiger partial charge in [0.25, 0.3) is 5.91 Å². The van der Waals surface area contributed by atoms with Gasteiger partial charge in [0.05, 0.1) is 35.3 Å². The highest BCUT2D eigenvalue weighted by Gasteiger charge is 2.30. The molecule has 148 valence electrons. The number of aromatic amines is 1. The number of nitrogens with one attached hydrogen (secondary N) is 2. The first-order valence-corrected chi connectivity index (χ1v) is 8.98. The van der Waals surface area contributed by atoms with Crippen molar-refractivity contribution in [2.45, 2.75) is 18.8 Å². The molecule has 7 nitrogen and oxygen atoms in total.